The summed E-state index contributed by atoms with van der Waals surface area (Å²) in [5.41, 5.74) is 2.60. The molecule has 1 fully saturated rings. The minimum absolute atomic E-state index is 0.199. The molecule has 180 valence electrons. The van der Waals surface area contributed by atoms with E-state index in [1.807, 2.05) is 24.3 Å². The molecule has 2 amide bonds. The Morgan fingerprint density at radius 2 is 1.91 bits per heavy atom. The minimum atomic E-state index is -0.199. The van der Waals surface area contributed by atoms with Gasteiger partial charge in [-0.05, 0) is 49.9 Å². The van der Waals surface area contributed by atoms with E-state index in [-0.39, 0.29) is 6.03 Å². The van der Waals surface area contributed by atoms with Gasteiger partial charge in [-0.3, -0.25) is 10.2 Å². The molecule has 1 saturated heterocycles. The smallest absolute Gasteiger partial charge is 0.319 e. The van der Waals surface area contributed by atoms with Crippen LogP contribution in [0.1, 0.15) is 24.8 Å². The SMILES string of the molecule is O=C(NCCCCN1CCN(c2cccc3c2OCCC3)CC1)Nc1sc2ccccc2c1Cl. The maximum absolute atomic E-state index is 12.3. The number of piperazine rings is 1. The third-order valence-corrected chi connectivity index (χ3v) is 8.17. The Bertz CT molecular complexity index is 1140. The fraction of sp³-hybridized carbons (Fsp3) is 0.423. The molecule has 0 bridgehead atoms. The van der Waals surface area contributed by atoms with Crippen LogP contribution in [0, 0.1) is 0 Å². The van der Waals surface area contributed by atoms with Gasteiger partial charge in [0.1, 0.15) is 10.8 Å². The van der Waals surface area contributed by atoms with Crippen molar-refractivity contribution in [2.24, 2.45) is 0 Å². The lowest BCUT2D eigenvalue weighted by atomic mass is 10.0. The molecule has 0 spiro atoms. The molecule has 2 N–H and O–H groups in total. The molecule has 6 nitrogen and oxygen atoms in total. The van der Waals surface area contributed by atoms with Gasteiger partial charge in [-0.2, -0.15) is 0 Å². The second-order valence-corrected chi connectivity index (χ2v) is 10.3. The highest BCUT2D eigenvalue weighted by molar-refractivity contribution is 7.23. The molecule has 2 aliphatic rings. The van der Waals surface area contributed by atoms with Crippen LogP contribution in [-0.4, -0.2) is 56.8 Å². The summed E-state index contributed by atoms with van der Waals surface area (Å²) >= 11 is 7.91. The predicted octanol–water partition coefficient (Wildman–Crippen LogP) is 5.60. The zero-order chi connectivity index (χ0) is 23.3. The zero-order valence-corrected chi connectivity index (χ0v) is 20.9. The lowest BCUT2D eigenvalue weighted by Crippen LogP contribution is -2.47. The fourth-order valence-corrected chi connectivity index (χ4v) is 6.11. The highest BCUT2D eigenvalue weighted by Gasteiger charge is 2.22. The first-order valence-corrected chi connectivity index (χ1v) is 13.3. The Kier molecular flexibility index (Phi) is 7.42. The number of hydrogen-bond donors (Lipinski definition) is 2. The number of nitrogens with zero attached hydrogens (tertiary/aromatic N) is 2. The first-order valence-electron chi connectivity index (χ1n) is 12.1. The quantitative estimate of drug-likeness (QED) is 0.416. The predicted molar refractivity (Wildman–Crippen MR) is 142 cm³/mol. The van der Waals surface area contributed by atoms with Crippen LogP contribution in [-0.2, 0) is 6.42 Å². The number of urea groups is 1. The number of hydrogen-bond acceptors (Lipinski definition) is 5. The van der Waals surface area contributed by atoms with E-state index in [0.29, 0.717) is 16.6 Å². The number of fused-ring (bicyclic) bond motifs is 2. The molecule has 3 heterocycles. The van der Waals surface area contributed by atoms with Gasteiger partial charge in [-0.15, -0.1) is 11.3 Å². The third kappa shape index (κ3) is 5.27. The van der Waals surface area contributed by atoms with E-state index in [2.05, 4.69) is 38.6 Å². The Hall–Kier alpha value is -2.48. The molecule has 3 aromatic rings. The van der Waals surface area contributed by atoms with Gasteiger partial charge in [-0.1, -0.05) is 41.9 Å². The van der Waals surface area contributed by atoms with Crippen LogP contribution in [0.5, 0.6) is 5.75 Å². The summed E-state index contributed by atoms with van der Waals surface area (Å²) in [7, 11) is 0. The Labute approximate surface area is 209 Å². The second-order valence-electron chi connectivity index (χ2n) is 8.88. The Morgan fingerprint density at radius 3 is 2.76 bits per heavy atom. The lowest BCUT2D eigenvalue weighted by Gasteiger charge is -2.37. The molecule has 2 aliphatic heterocycles. The van der Waals surface area contributed by atoms with Crippen LogP contribution in [0.15, 0.2) is 42.5 Å². The summed E-state index contributed by atoms with van der Waals surface area (Å²) in [6.45, 7) is 6.70. The first kappa shape index (κ1) is 23.3. The molecule has 1 aromatic heterocycles. The normalized spacial score (nSPS) is 16.2. The van der Waals surface area contributed by atoms with Gasteiger partial charge >= 0.3 is 6.03 Å². The van der Waals surface area contributed by atoms with Crippen LogP contribution < -0.4 is 20.3 Å². The third-order valence-electron chi connectivity index (χ3n) is 6.57. The Balaban J connectivity index is 1.01. The highest BCUT2D eigenvalue weighted by Crippen LogP contribution is 2.39. The number of carbonyl (C=O) groups is 1. The molecule has 0 atom stereocenters. The number of thiophene rings is 1. The largest absolute Gasteiger partial charge is 0.491 e. The molecular weight excluding hydrogens is 468 g/mol. The first-order chi connectivity index (χ1) is 16.7. The molecule has 34 heavy (non-hydrogen) atoms. The number of para-hydroxylation sites is 1. The van der Waals surface area contributed by atoms with E-state index < -0.39 is 0 Å². The average Bonchev–Trinajstić information content (AvgIpc) is 3.19. The molecule has 2 aromatic carbocycles. The van der Waals surface area contributed by atoms with Gasteiger partial charge in [-0.25, -0.2) is 4.79 Å². The summed E-state index contributed by atoms with van der Waals surface area (Å²) in [5.74, 6) is 1.10. The van der Waals surface area contributed by atoms with Crippen molar-refractivity contribution >= 4 is 49.7 Å². The van der Waals surface area contributed by atoms with Gasteiger partial charge in [0.2, 0.25) is 0 Å². The van der Waals surface area contributed by atoms with E-state index in [1.165, 1.54) is 22.6 Å². The molecule has 8 heteroatoms. The zero-order valence-electron chi connectivity index (χ0n) is 19.3. The molecular formula is C26H31ClN4O2S. The van der Waals surface area contributed by atoms with Gasteiger partial charge in [0, 0.05) is 42.8 Å². The van der Waals surface area contributed by atoms with Gasteiger partial charge in [0.05, 0.1) is 17.3 Å². The maximum atomic E-state index is 12.3. The number of benzene rings is 2. The van der Waals surface area contributed by atoms with Crippen molar-refractivity contribution in [3.05, 3.63) is 53.1 Å². The van der Waals surface area contributed by atoms with Gasteiger partial charge < -0.3 is 15.0 Å². The number of anilines is 2. The fourth-order valence-electron chi connectivity index (χ4n) is 4.74. The van der Waals surface area contributed by atoms with Crippen molar-refractivity contribution in [1.29, 1.82) is 0 Å². The molecule has 5 rings (SSSR count). The number of unbranched alkanes of at least 4 members (excludes halogenated alkanes) is 1. The van der Waals surface area contributed by atoms with E-state index in [1.54, 1.807) is 0 Å². The highest BCUT2D eigenvalue weighted by atomic mass is 35.5. The number of amides is 2. The lowest BCUT2D eigenvalue weighted by molar-refractivity contribution is 0.245. The summed E-state index contributed by atoms with van der Waals surface area (Å²) in [5, 5.41) is 8.13. The average molecular weight is 499 g/mol. The van der Waals surface area contributed by atoms with E-state index in [4.69, 9.17) is 16.3 Å². The van der Waals surface area contributed by atoms with Crippen LogP contribution >= 0.6 is 22.9 Å². The number of rotatable bonds is 7. The summed E-state index contributed by atoms with van der Waals surface area (Å²) in [6, 6.07) is 14.3. The minimum Gasteiger partial charge on any atom is -0.491 e. The number of aryl methyl sites for hydroxylation is 1. The van der Waals surface area contributed by atoms with Crippen molar-refractivity contribution in [2.75, 3.05) is 56.1 Å². The number of nitrogens with one attached hydrogen (secondary N) is 2. The van der Waals surface area contributed by atoms with Crippen molar-refractivity contribution in [1.82, 2.24) is 10.2 Å². The Morgan fingerprint density at radius 1 is 1.06 bits per heavy atom. The van der Waals surface area contributed by atoms with Crippen LogP contribution in [0.4, 0.5) is 15.5 Å². The van der Waals surface area contributed by atoms with Gasteiger partial charge in [0.25, 0.3) is 0 Å². The topological polar surface area (TPSA) is 56.8 Å². The van der Waals surface area contributed by atoms with E-state index in [0.717, 1.165) is 80.8 Å². The number of halogens is 1. The van der Waals surface area contributed by atoms with E-state index in [9.17, 15) is 4.79 Å². The van der Waals surface area contributed by atoms with Gasteiger partial charge in [0.15, 0.2) is 0 Å². The van der Waals surface area contributed by atoms with Crippen molar-refractivity contribution in [2.45, 2.75) is 25.7 Å². The standard InChI is InChI=1S/C26H31ClN4O2S/c27-23-20-9-1-2-11-22(20)34-25(23)29-26(32)28-12-3-4-13-30-14-16-31(17-15-30)21-10-5-7-19-8-6-18-33-24(19)21/h1-2,5,7,9-11H,3-4,6,8,12-18H2,(H2,28,29,32). The molecule has 0 saturated carbocycles. The van der Waals surface area contributed by atoms with Crippen molar-refractivity contribution < 1.29 is 9.53 Å². The summed E-state index contributed by atoms with van der Waals surface area (Å²) in [4.78, 5) is 17.3. The molecule has 0 aliphatic carbocycles. The monoisotopic (exact) mass is 498 g/mol. The summed E-state index contributed by atoms with van der Waals surface area (Å²) in [6.07, 6.45) is 4.24. The molecule has 0 unspecified atom stereocenters. The maximum Gasteiger partial charge on any atom is 0.319 e. The van der Waals surface area contributed by atoms with Crippen LogP contribution in [0.3, 0.4) is 0 Å². The number of carbonyl (C=O) groups excluding carboxylic acids is 1. The van der Waals surface area contributed by atoms with E-state index >= 15 is 0 Å². The summed E-state index contributed by atoms with van der Waals surface area (Å²) < 4.78 is 7.08. The number of ether oxygens (including phenoxy) is 1. The van der Waals surface area contributed by atoms with Crippen LogP contribution in [0.2, 0.25) is 5.02 Å². The molecule has 0 radical (unpaired) electrons. The van der Waals surface area contributed by atoms with Crippen LogP contribution in [0.25, 0.3) is 10.1 Å². The van der Waals surface area contributed by atoms with Crippen molar-refractivity contribution in [3.8, 4) is 5.75 Å². The second kappa shape index (κ2) is 10.8. The van der Waals surface area contributed by atoms with Crippen molar-refractivity contribution in [3.63, 3.8) is 0 Å².